The molecular formula is C22H24N2O4. The first-order valence-electron chi connectivity index (χ1n) is 9.44. The van der Waals surface area contributed by atoms with Gasteiger partial charge in [-0.15, -0.1) is 0 Å². The van der Waals surface area contributed by atoms with Crippen molar-refractivity contribution in [3.63, 3.8) is 0 Å². The SMILES string of the molecule is C[C@@H](CNC(=O)COC(=O)c1ccc(N2CCCC2=O)cc1)c1ccccc1. The average molecular weight is 380 g/mol. The van der Waals surface area contributed by atoms with Gasteiger partial charge in [-0.1, -0.05) is 37.3 Å². The molecule has 3 rings (SSSR count). The van der Waals surface area contributed by atoms with Crippen molar-refractivity contribution in [1.29, 1.82) is 0 Å². The Kier molecular flexibility index (Phi) is 6.42. The van der Waals surface area contributed by atoms with Gasteiger partial charge in [-0.2, -0.15) is 0 Å². The fourth-order valence-electron chi connectivity index (χ4n) is 3.13. The number of hydrogen-bond donors (Lipinski definition) is 1. The normalized spacial score (nSPS) is 14.6. The van der Waals surface area contributed by atoms with Crippen LogP contribution in [0.15, 0.2) is 54.6 Å². The summed E-state index contributed by atoms with van der Waals surface area (Å²) < 4.78 is 5.08. The molecule has 1 aliphatic rings. The van der Waals surface area contributed by atoms with Crippen LogP contribution in [0.5, 0.6) is 0 Å². The predicted octanol–water partition coefficient (Wildman–Crippen LogP) is 2.89. The van der Waals surface area contributed by atoms with Crippen LogP contribution in [0.4, 0.5) is 5.69 Å². The Balaban J connectivity index is 1.44. The largest absolute Gasteiger partial charge is 0.452 e. The van der Waals surface area contributed by atoms with E-state index in [-0.39, 0.29) is 24.3 Å². The van der Waals surface area contributed by atoms with Crippen LogP contribution < -0.4 is 10.2 Å². The van der Waals surface area contributed by atoms with Gasteiger partial charge in [-0.25, -0.2) is 4.79 Å². The molecule has 0 bridgehead atoms. The number of carbonyl (C=O) groups is 3. The summed E-state index contributed by atoms with van der Waals surface area (Å²) in [6.07, 6.45) is 1.41. The van der Waals surface area contributed by atoms with E-state index in [2.05, 4.69) is 5.32 Å². The molecule has 1 N–H and O–H groups in total. The van der Waals surface area contributed by atoms with E-state index in [0.29, 0.717) is 25.1 Å². The molecule has 0 aliphatic carbocycles. The van der Waals surface area contributed by atoms with Crippen LogP contribution in [0.1, 0.15) is 41.6 Å². The molecule has 6 nitrogen and oxygen atoms in total. The molecule has 6 heteroatoms. The number of amides is 2. The van der Waals surface area contributed by atoms with E-state index in [4.69, 9.17) is 4.74 Å². The van der Waals surface area contributed by atoms with Crippen molar-refractivity contribution in [3.8, 4) is 0 Å². The summed E-state index contributed by atoms with van der Waals surface area (Å²) in [5.74, 6) is -0.639. The van der Waals surface area contributed by atoms with Gasteiger partial charge >= 0.3 is 5.97 Å². The Bertz CT molecular complexity index is 833. The number of nitrogens with zero attached hydrogens (tertiary/aromatic N) is 1. The average Bonchev–Trinajstić information content (AvgIpc) is 3.16. The van der Waals surface area contributed by atoms with Crippen molar-refractivity contribution in [2.24, 2.45) is 0 Å². The van der Waals surface area contributed by atoms with Crippen molar-refractivity contribution in [3.05, 3.63) is 65.7 Å². The third-order valence-corrected chi connectivity index (χ3v) is 4.80. The zero-order chi connectivity index (χ0) is 19.9. The molecule has 0 aromatic heterocycles. The molecule has 0 unspecified atom stereocenters. The first-order valence-corrected chi connectivity index (χ1v) is 9.44. The fourth-order valence-corrected chi connectivity index (χ4v) is 3.13. The Labute approximate surface area is 164 Å². The van der Waals surface area contributed by atoms with E-state index in [1.807, 2.05) is 37.3 Å². The minimum absolute atomic E-state index is 0.0942. The maximum atomic E-state index is 12.1. The highest BCUT2D eigenvalue weighted by Gasteiger charge is 2.22. The quantitative estimate of drug-likeness (QED) is 0.750. The summed E-state index contributed by atoms with van der Waals surface area (Å²) in [7, 11) is 0. The molecule has 2 amide bonds. The van der Waals surface area contributed by atoms with E-state index in [1.165, 1.54) is 0 Å². The molecule has 2 aromatic rings. The van der Waals surface area contributed by atoms with Crippen molar-refractivity contribution < 1.29 is 19.1 Å². The van der Waals surface area contributed by atoms with Gasteiger partial charge in [0.15, 0.2) is 6.61 Å². The molecule has 1 saturated heterocycles. The van der Waals surface area contributed by atoms with Gasteiger partial charge in [-0.3, -0.25) is 9.59 Å². The Morgan fingerprint density at radius 1 is 1.11 bits per heavy atom. The zero-order valence-corrected chi connectivity index (χ0v) is 15.9. The first-order chi connectivity index (χ1) is 13.5. The number of carbonyl (C=O) groups excluding carboxylic acids is 3. The molecule has 2 aromatic carbocycles. The molecule has 1 fully saturated rings. The van der Waals surface area contributed by atoms with E-state index >= 15 is 0 Å². The second kappa shape index (κ2) is 9.17. The monoisotopic (exact) mass is 380 g/mol. The third kappa shape index (κ3) is 4.97. The summed E-state index contributed by atoms with van der Waals surface area (Å²) in [6.45, 7) is 2.87. The Morgan fingerprint density at radius 2 is 1.82 bits per heavy atom. The predicted molar refractivity (Wildman–Crippen MR) is 106 cm³/mol. The van der Waals surface area contributed by atoms with Crippen molar-refractivity contribution >= 4 is 23.5 Å². The molecule has 0 radical (unpaired) electrons. The number of nitrogens with one attached hydrogen (secondary N) is 1. The molecule has 1 atom stereocenters. The molecular weight excluding hydrogens is 356 g/mol. The molecule has 146 valence electrons. The minimum atomic E-state index is -0.564. The van der Waals surface area contributed by atoms with Crippen LogP contribution in [0.3, 0.4) is 0 Å². The summed E-state index contributed by atoms with van der Waals surface area (Å²) >= 11 is 0. The van der Waals surface area contributed by atoms with Gasteiger partial charge in [-0.05, 0) is 42.2 Å². The van der Waals surface area contributed by atoms with Gasteiger partial charge in [0.25, 0.3) is 5.91 Å². The lowest BCUT2D eigenvalue weighted by Crippen LogP contribution is -2.31. The summed E-state index contributed by atoms with van der Waals surface area (Å²) in [5, 5.41) is 2.78. The van der Waals surface area contributed by atoms with E-state index in [9.17, 15) is 14.4 Å². The Morgan fingerprint density at radius 3 is 2.46 bits per heavy atom. The highest BCUT2D eigenvalue weighted by molar-refractivity contribution is 5.96. The summed E-state index contributed by atoms with van der Waals surface area (Å²) in [4.78, 5) is 37.5. The van der Waals surface area contributed by atoms with Crippen molar-refractivity contribution in [2.45, 2.75) is 25.7 Å². The lowest BCUT2D eigenvalue weighted by Gasteiger charge is -2.15. The maximum Gasteiger partial charge on any atom is 0.338 e. The molecule has 0 spiro atoms. The second-order valence-corrected chi connectivity index (χ2v) is 6.89. The number of rotatable bonds is 7. The number of benzene rings is 2. The lowest BCUT2D eigenvalue weighted by atomic mass is 10.0. The Hall–Kier alpha value is -3.15. The van der Waals surface area contributed by atoms with Crippen LogP contribution in [0.25, 0.3) is 0 Å². The second-order valence-electron chi connectivity index (χ2n) is 6.89. The summed E-state index contributed by atoms with van der Waals surface area (Å²) in [6, 6.07) is 16.6. The standard InChI is InChI=1S/C22H24N2O4/c1-16(17-6-3-2-4-7-17)14-23-20(25)15-28-22(27)18-9-11-19(12-10-18)24-13-5-8-21(24)26/h2-4,6-7,9-12,16H,5,8,13-15H2,1H3,(H,23,25)/t16-/m0/s1. The molecule has 1 heterocycles. The van der Waals surface area contributed by atoms with Crippen molar-refractivity contribution in [1.82, 2.24) is 5.32 Å². The smallest absolute Gasteiger partial charge is 0.338 e. The molecule has 0 saturated carbocycles. The van der Waals surface area contributed by atoms with E-state index in [1.54, 1.807) is 29.2 Å². The first kappa shape index (κ1) is 19.6. The number of ether oxygens (including phenoxy) is 1. The van der Waals surface area contributed by atoms with Gasteiger partial charge in [0.2, 0.25) is 5.91 Å². The molecule has 28 heavy (non-hydrogen) atoms. The van der Waals surface area contributed by atoms with Crippen LogP contribution in [0, 0.1) is 0 Å². The number of esters is 1. The fraction of sp³-hybridized carbons (Fsp3) is 0.318. The van der Waals surface area contributed by atoms with Gasteiger partial charge in [0.05, 0.1) is 5.56 Å². The van der Waals surface area contributed by atoms with Crippen LogP contribution in [-0.4, -0.2) is 37.5 Å². The van der Waals surface area contributed by atoms with Crippen LogP contribution >= 0.6 is 0 Å². The van der Waals surface area contributed by atoms with Gasteiger partial charge in [0.1, 0.15) is 0 Å². The zero-order valence-electron chi connectivity index (χ0n) is 15.9. The third-order valence-electron chi connectivity index (χ3n) is 4.80. The minimum Gasteiger partial charge on any atom is -0.452 e. The number of anilines is 1. The van der Waals surface area contributed by atoms with E-state index < -0.39 is 5.97 Å². The lowest BCUT2D eigenvalue weighted by molar-refractivity contribution is -0.124. The number of hydrogen-bond acceptors (Lipinski definition) is 4. The highest BCUT2D eigenvalue weighted by Crippen LogP contribution is 2.21. The van der Waals surface area contributed by atoms with Crippen LogP contribution in [-0.2, 0) is 14.3 Å². The highest BCUT2D eigenvalue weighted by atomic mass is 16.5. The molecule has 1 aliphatic heterocycles. The van der Waals surface area contributed by atoms with Crippen LogP contribution in [0.2, 0.25) is 0 Å². The van der Waals surface area contributed by atoms with Crippen molar-refractivity contribution in [2.75, 3.05) is 24.6 Å². The van der Waals surface area contributed by atoms with Gasteiger partial charge < -0.3 is 15.0 Å². The maximum absolute atomic E-state index is 12.1. The van der Waals surface area contributed by atoms with Gasteiger partial charge in [0, 0.05) is 25.2 Å². The summed E-state index contributed by atoms with van der Waals surface area (Å²) in [5.41, 5.74) is 2.25. The van der Waals surface area contributed by atoms with E-state index in [0.717, 1.165) is 17.7 Å². The topological polar surface area (TPSA) is 75.7 Å².